The normalized spacial score (nSPS) is 16.2. The van der Waals surface area contributed by atoms with Gasteiger partial charge in [0, 0.05) is 0 Å². The predicted molar refractivity (Wildman–Crippen MR) is 131 cm³/mol. The van der Waals surface area contributed by atoms with E-state index in [-0.39, 0.29) is 13.0 Å². The fraction of sp³-hybridized carbons (Fsp3) is 0.0714. The van der Waals surface area contributed by atoms with Crippen LogP contribution in [0.15, 0.2) is 121 Å². The molecule has 30 heavy (non-hydrogen) atoms. The van der Waals surface area contributed by atoms with Crippen LogP contribution in [0.25, 0.3) is 6.08 Å². The molecule has 1 atom stereocenters. The van der Waals surface area contributed by atoms with Gasteiger partial charge in [0.1, 0.15) is 0 Å². The summed E-state index contributed by atoms with van der Waals surface area (Å²) in [4.78, 5) is 0.452. The number of allylic oxidation sites excluding steroid dienone is 1. The van der Waals surface area contributed by atoms with Crippen LogP contribution in [0.5, 0.6) is 0 Å². The van der Waals surface area contributed by atoms with Crippen molar-refractivity contribution < 1.29 is 13.0 Å². The summed E-state index contributed by atoms with van der Waals surface area (Å²) in [6, 6.07) is 40.5. The van der Waals surface area contributed by atoms with Crippen molar-refractivity contribution in [1.82, 2.24) is 0 Å². The van der Waals surface area contributed by atoms with Crippen LogP contribution < -0.4 is 15.9 Å². The molecule has 4 aromatic rings. The van der Waals surface area contributed by atoms with E-state index in [9.17, 15) is 0 Å². The number of hydrogen-bond acceptors (Lipinski definition) is 0. The first-order valence-electron chi connectivity index (χ1n) is 10.2. The van der Waals surface area contributed by atoms with Gasteiger partial charge in [0.15, 0.2) is 0 Å². The molecule has 0 aliphatic heterocycles. The molecule has 1 unspecified atom stereocenters. The van der Waals surface area contributed by atoms with Crippen LogP contribution >= 0.6 is 6.04 Å². The van der Waals surface area contributed by atoms with Crippen molar-refractivity contribution in [3.63, 3.8) is 0 Å². The van der Waals surface area contributed by atoms with Crippen molar-refractivity contribution >= 4 is 28.0 Å². The molecule has 0 saturated heterocycles. The summed E-state index contributed by atoms with van der Waals surface area (Å²) in [6.45, 7) is 0. The van der Waals surface area contributed by atoms with Gasteiger partial charge in [-0.15, -0.1) is 0 Å². The third-order valence-electron chi connectivity index (χ3n) is 5.84. The zero-order chi connectivity index (χ0) is 20.4. The van der Waals surface area contributed by atoms with Gasteiger partial charge in [0.2, 0.25) is 0 Å². The first-order chi connectivity index (χ1) is 14.8. The van der Waals surface area contributed by atoms with Gasteiger partial charge in [-0.3, -0.25) is 0 Å². The molecular formula is C28H26NiP. The van der Waals surface area contributed by atoms with Crippen LogP contribution in [0.3, 0.4) is 0 Å². The molecule has 0 bridgehead atoms. The predicted octanol–water partition coefficient (Wildman–Crippen LogP) is 6.06. The molecule has 1 aliphatic rings. The van der Waals surface area contributed by atoms with E-state index < -0.39 is 6.04 Å². The van der Waals surface area contributed by atoms with E-state index in [1.807, 2.05) is 0 Å². The van der Waals surface area contributed by atoms with Crippen molar-refractivity contribution in [2.75, 3.05) is 0 Å². The molecule has 0 heterocycles. The van der Waals surface area contributed by atoms with Crippen LogP contribution in [0.4, 0.5) is 0 Å². The Kier molecular flexibility index (Phi) is 5.43. The van der Waals surface area contributed by atoms with Gasteiger partial charge in [-0.1, -0.05) is 0 Å². The monoisotopic (exact) mass is 451 g/mol. The number of hydrogen-bond donors (Lipinski definition) is 0. The molecule has 153 valence electrons. The van der Waals surface area contributed by atoms with E-state index >= 15 is 0 Å². The molecule has 2 heteroatoms. The zero-order valence-electron chi connectivity index (χ0n) is 17.0. The average Bonchev–Trinajstić information content (AvgIpc) is 3.26. The second kappa shape index (κ2) is 8.35. The summed E-state index contributed by atoms with van der Waals surface area (Å²) in [5.74, 6) is 2.52. The molecule has 0 saturated carbocycles. The van der Waals surface area contributed by atoms with Crippen molar-refractivity contribution in [3.05, 3.63) is 132 Å². The molecule has 0 nitrogen and oxygen atoms in total. The average molecular weight is 452 g/mol. The van der Waals surface area contributed by atoms with E-state index in [0.717, 1.165) is 0 Å². The maximum atomic E-state index is 2.52. The van der Waals surface area contributed by atoms with Gasteiger partial charge in [-0.25, -0.2) is 0 Å². The molecule has 0 aromatic heterocycles. The molecule has 0 N–H and O–H groups in total. The Hall–Kier alpha value is -2.46. The van der Waals surface area contributed by atoms with Crippen LogP contribution in [0.2, 0.25) is 5.89 Å². The van der Waals surface area contributed by atoms with Gasteiger partial charge >= 0.3 is 184 Å². The van der Waals surface area contributed by atoms with E-state index in [1.165, 1.54) is 27.0 Å². The second-order valence-electron chi connectivity index (χ2n) is 7.49. The van der Waals surface area contributed by atoms with Gasteiger partial charge in [0.25, 0.3) is 0 Å². The van der Waals surface area contributed by atoms with Gasteiger partial charge in [0.05, 0.1) is 0 Å². The molecule has 5 rings (SSSR count). The molecule has 1 aliphatic carbocycles. The van der Waals surface area contributed by atoms with Crippen molar-refractivity contribution in [3.8, 4) is 0 Å². The minimum atomic E-state index is -2.27. The first kappa shape index (κ1) is 19.5. The molecule has 0 spiro atoms. The summed E-state index contributed by atoms with van der Waals surface area (Å²) in [6.07, 6.45) is 4.78. The Labute approximate surface area is 183 Å². The maximum absolute atomic E-state index is 2.52. The van der Waals surface area contributed by atoms with Crippen LogP contribution in [-0.4, -0.2) is 0 Å². The molecule has 0 fully saturated rings. The first-order valence-corrected chi connectivity index (χ1v) is 15.1. The molecular weight excluding hydrogens is 426 g/mol. The minimum absolute atomic E-state index is 0.0873. The summed E-state index contributed by atoms with van der Waals surface area (Å²) in [5, 5.41) is 4.49. The summed E-state index contributed by atoms with van der Waals surface area (Å²) in [5.41, 5.74) is 2.86. The third-order valence-corrected chi connectivity index (χ3v) is 18.2. The van der Waals surface area contributed by atoms with Gasteiger partial charge in [-0.2, -0.15) is 0 Å². The van der Waals surface area contributed by atoms with E-state index in [4.69, 9.17) is 0 Å². The number of rotatable bonds is 5. The Morgan fingerprint density at radius 1 is 0.567 bits per heavy atom. The van der Waals surface area contributed by atoms with Crippen molar-refractivity contribution in [1.29, 1.82) is 0 Å². The third kappa shape index (κ3) is 3.18. The van der Waals surface area contributed by atoms with Gasteiger partial charge in [-0.05, 0) is 0 Å². The van der Waals surface area contributed by atoms with Crippen molar-refractivity contribution in [2.45, 2.75) is 10.8 Å². The van der Waals surface area contributed by atoms with Crippen LogP contribution in [-0.2, 0) is 13.0 Å². The van der Waals surface area contributed by atoms with E-state index in [0.29, 0.717) is 4.89 Å². The van der Waals surface area contributed by atoms with E-state index in [1.54, 1.807) is 0 Å². The molecule has 4 aromatic carbocycles. The Bertz CT molecular complexity index is 1060. The number of benzene rings is 4. The number of fused-ring (bicyclic) bond motifs is 1. The fourth-order valence-electron chi connectivity index (χ4n) is 4.47. The zero-order valence-corrected chi connectivity index (χ0v) is 19.0. The Balaban J connectivity index is 1.80. The molecule has 0 radical (unpaired) electrons. The Morgan fingerprint density at radius 3 is 1.50 bits per heavy atom. The van der Waals surface area contributed by atoms with Gasteiger partial charge < -0.3 is 0 Å². The van der Waals surface area contributed by atoms with Crippen LogP contribution in [0.1, 0.15) is 16.0 Å². The standard InChI is InChI=1S/C18H15P.C9H7.CH3.Ni/c1-4-10-16(11-5-1)19(17-12-6-2-7-13-17)18-14-8-3-9-15-18;1-2-5-9-7-3-6-8(9)4-1;;/h1-15H;1-7H;1H3;/q;;;-1/p+1. The Morgan fingerprint density at radius 2 is 1.00 bits per heavy atom. The topological polar surface area (TPSA) is 0 Å². The van der Waals surface area contributed by atoms with E-state index in [2.05, 4.69) is 133 Å². The fourth-order valence-corrected chi connectivity index (χ4v) is 17.2. The van der Waals surface area contributed by atoms with Crippen LogP contribution in [0, 0.1) is 0 Å². The SMILES string of the molecule is [CH3][Ni]([CH]1C=Cc2ccccc21)[PH](c1ccccc1)(c1ccccc1)c1ccccc1. The quantitative estimate of drug-likeness (QED) is 0.255. The van der Waals surface area contributed by atoms with Crippen molar-refractivity contribution in [2.24, 2.45) is 0 Å². The summed E-state index contributed by atoms with van der Waals surface area (Å²) in [7, 11) is 0. The molecule has 0 amide bonds. The summed E-state index contributed by atoms with van der Waals surface area (Å²) < 4.78 is 0. The summed E-state index contributed by atoms with van der Waals surface area (Å²) >= 11 is -0.0873. The second-order valence-corrected chi connectivity index (χ2v) is 16.7.